The number of sulfone groups is 1. The van der Waals surface area contributed by atoms with Crippen LogP contribution in [-0.2, 0) is 25.9 Å². The van der Waals surface area contributed by atoms with Crippen molar-refractivity contribution in [3.8, 4) is 11.4 Å². The average molecular weight is 507 g/mol. The van der Waals surface area contributed by atoms with Crippen molar-refractivity contribution >= 4 is 26.6 Å². The number of aromatic nitrogens is 3. The van der Waals surface area contributed by atoms with Gasteiger partial charge in [0.2, 0.25) is 6.29 Å². The van der Waals surface area contributed by atoms with Crippen molar-refractivity contribution < 1.29 is 22.7 Å². The molecule has 1 N–H and O–H groups in total. The molecule has 0 radical (unpaired) electrons. The van der Waals surface area contributed by atoms with Crippen LogP contribution in [0.2, 0.25) is 0 Å². The number of hydrogen-bond donors (Lipinski definition) is 1. The number of methoxy groups -OCH3 is 2. The summed E-state index contributed by atoms with van der Waals surface area (Å²) in [5, 5.41) is 3.63. The van der Waals surface area contributed by atoms with Crippen molar-refractivity contribution in [3.05, 3.63) is 83.3 Å². The van der Waals surface area contributed by atoms with Crippen LogP contribution in [0.5, 0.6) is 0 Å². The van der Waals surface area contributed by atoms with E-state index in [-0.39, 0.29) is 17.0 Å². The van der Waals surface area contributed by atoms with Gasteiger partial charge >= 0.3 is 0 Å². The summed E-state index contributed by atoms with van der Waals surface area (Å²) in [6, 6.07) is 15.7. The first-order valence-corrected chi connectivity index (χ1v) is 13.0. The molecule has 0 bridgehead atoms. The molecule has 9 nitrogen and oxygen atoms in total. The lowest BCUT2D eigenvalue weighted by Gasteiger charge is -2.13. The lowest BCUT2D eigenvalue weighted by Crippen LogP contribution is -2.23. The highest BCUT2D eigenvalue weighted by molar-refractivity contribution is 7.90. The highest BCUT2D eigenvalue weighted by atomic mass is 32.2. The van der Waals surface area contributed by atoms with Crippen molar-refractivity contribution in [2.24, 2.45) is 0 Å². The van der Waals surface area contributed by atoms with Gasteiger partial charge < -0.3 is 14.8 Å². The molecule has 1 aromatic carbocycles. The number of carbonyl (C=O) groups excluding carboxylic acids is 1. The lowest BCUT2D eigenvalue weighted by molar-refractivity contribution is -0.108. The fourth-order valence-corrected chi connectivity index (χ4v) is 4.77. The predicted molar refractivity (Wildman–Crippen MR) is 135 cm³/mol. The maximum absolute atomic E-state index is 12.7. The zero-order valence-electron chi connectivity index (χ0n) is 20.3. The Balaban J connectivity index is 1.55. The molecule has 36 heavy (non-hydrogen) atoms. The Morgan fingerprint density at radius 1 is 1.00 bits per heavy atom. The maximum Gasteiger partial charge on any atom is 0.251 e. The number of nitrogens with zero attached hydrogens (tertiary/aromatic N) is 3. The van der Waals surface area contributed by atoms with Crippen molar-refractivity contribution in [3.63, 3.8) is 0 Å². The highest BCUT2D eigenvalue weighted by Crippen LogP contribution is 2.23. The summed E-state index contributed by atoms with van der Waals surface area (Å²) in [5.41, 5.74) is 4.13. The fourth-order valence-electron chi connectivity index (χ4n) is 3.77. The van der Waals surface area contributed by atoms with Crippen LogP contribution >= 0.6 is 0 Å². The Hall–Kier alpha value is -3.73. The molecule has 0 spiro atoms. The summed E-state index contributed by atoms with van der Waals surface area (Å²) in [6.07, 6.45) is 2.24. The van der Waals surface area contributed by atoms with E-state index in [4.69, 9.17) is 14.5 Å². The molecular formula is C26H26N4O5S. The molecule has 1 amide bonds. The van der Waals surface area contributed by atoms with E-state index in [9.17, 15) is 13.2 Å². The number of aryl methyl sites for hydroxylation is 1. The Labute approximate surface area is 209 Å². The van der Waals surface area contributed by atoms with E-state index in [1.807, 2.05) is 30.3 Å². The lowest BCUT2D eigenvalue weighted by atomic mass is 10.1. The monoisotopic (exact) mass is 506 g/mol. The van der Waals surface area contributed by atoms with Gasteiger partial charge in [0.1, 0.15) is 0 Å². The third kappa shape index (κ3) is 5.56. The third-order valence-corrected chi connectivity index (χ3v) is 6.85. The number of amides is 1. The van der Waals surface area contributed by atoms with E-state index >= 15 is 0 Å². The molecule has 0 saturated heterocycles. The Bertz CT molecular complexity index is 1530. The van der Waals surface area contributed by atoms with E-state index in [0.29, 0.717) is 33.9 Å². The van der Waals surface area contributed by atoms with Gasteiger partial charge in [-0.05, 0) is 55.0 Å². The van der Waals surface area contributed by atoms with Crippen LogP contribution in [0.4, 0.5) is 0 Å². The normalized spacial score (nSPS) is 11.7. The van der Waals surface area contributed by atoms with Crippen LogP contribution < -0.4 is 5.32 Å². The summed E-state index contributed by atoms with van der Waals surface area (Å²) in [6.45, 7) is 1.84. The van der Waals surface area contributed by atoms with Crippen molar-refractivity contribution in [2.45, 2.75) is 24.7 Å². The maximum atomic E-state index is 12.7. The van der Waals surface area contributed by atoms with Gasteiger partial charge in [-0.1, -0.05) is 12.1 Å². The molecule has 0 unspecified atom stereocenters. The molecule has 0 aliphatic heterocycles. The number of pyridine rings is 3. The second kappa shape index (κ2) is 10.5. The summed E-state index contributed by atoms with van der Waals surface area (Å²) in [5.74, 6) is -0.393. The number of hydrogen-bond acceptors (Lipinski definition) is 8. The van der Waals surface area contributed by atoms with Gasteiger partial charge in [-0.2, -0.15) is 0 Å². The standard InChI is InChI=1S/C26H26N4O5S/c1-16-8-9-17(12-24(16)36(4,32)33)25(31)28-15-19-13-23-18(14-27-19)10-11-21(30-23)20-6-5-7-22(29-20)26(34-2)35-3/h5-14,26H,15H2,1-4H3,(H,28,31). The number of rotatable bonds is 8. The molecule has 0 aliphatic carbocycles. The Morgan fingerprint density at radius 3 is 2.47 bits per heavy atom. The number of carbonyl (C=O) groups is 1. The van der Waals surface area contributed by atoms with Crippen LogP contribution in [0.1, 0.15) is 33.6 Å². The molecule has 10 heteroatoms. The summed E-state index contributed by atoms with van der Waals surface area (Å²) in [7, 11) is -0.340. The molecule has 0 saturated carbocycles. The largest absolute Gasteiger partial charge is 0.350 e. The predicted octanol–water partition coefficient (Wildman–Crippen LogP) is 3.63. The van der Waals surface area contributed by atoms with Gasteiger partial charge in [0.05, 0.1) is 39.7 Å². The van der Waals surface area contributed by atoms with Crippen LogP contribution in [-0.4, -0.2) is 49.8 Å². The van der Waals surface area contributed by atoms with E-state index in [2.05, 4.69) is 15.3 Å². The molecule has 0 aliphatic rings. The van der Waals surface area contributed by atoms with Gasteiger partial charge in [0, 0.05) is 37.6 Å². The van der Waals surface area contributed by atoms with Crippen molar-refractivity contribution in [2.75, 3.05) is 20.5 Å². The molecule has 3 heterocycles. The first-order valence-electron chi connectivity index (χ1n) is 11.1. The third-order valence-electron chi connectivity index (χ3n) is 5.61. The SMILES string of the molecule is COC(OC)c1cccc(-c2ccc3cnc(CNC(=O)c4ccc(C)c(S(C)(=O)=O)c4)cc3n2)n1. The average Bonchev–Trinajstić information content (AvgIpc) is 2.87. The minimum Gasteiger partial charge on any atom is -0.350 e. The van der Waals surface area contributed by atoms with Crippen molar-refractivity contribution in [1.29, 1.82) is 0 Å². The zero-order valence-corrected chi connectivity index (χ0v) is 21.2. The Kier molecular flexibility index (Phi) is 7.39. The highest BCUT2D eigenvalue weighted by Gasteiger charge is 2.15. The fraction of sp³-hybridized carbons (Fsp3) is 0.231. The quantitative estimate of drug-likeness (QED) is 0.360. The van der Waals surface area contributed by atoms with Gasteiger partial charge in [-0.15, -0.1) is 0 Å². The zero-order chi connectivity index (χ0) is 25.9. The van der Waals surface area contributed by atoms with E-state index in [0.717, 1.165) is 11.6 Å². The second-order valence-electron chi connectivity index (χ2n) is 8.25. The minimum atomic E-state index is -3.44. The van der Waals surface area contributed by atoms with Crippen molar-refractivity contribution in [1.82, 2.24) is 20.3 Å². The van der Waals surface area contributed by atoms with E-state index in [1.54, 1.807) is 45.5 Å². The minimum absolute atomic E-state index is 0.135. The molecule has 0 fully saturated rings. The molecular weight excluding hydrogens is 480 g/mol. The molecule has 0 atom stereocenters. The van der Waals surface area contributed by atoms with Crippen LogP contribution in [0.25, 0.3) is 22.3 Å². The van der Waals surface area contributed by atoms with Gasteiger partial charge in [-0.25, -0.2) is 18.4 Å². The van der Waals surface area contributed by atoms with E-state index < -0.39 is 22.0 Å². The van der Waals surface area contributed by atoms with E-state index in [1.165, 1.54) is 6.07 Å². The number of nitrogens with one attached hydrogen (secondary N) is 1. The molecule has 186 valence electrons. The molecule has 3 aromatic heterocycles. The topological polar surface area (TPSA) is 120 Å². The second-order valence-corrected chi connectivity index (χ2v) is 10.2. The Morgan fingerprint density at radius 2 is 1.75 bits per heavy atom. The smallest absolute Gasteiger partial charge is 0.251 e. The number of benzene rings is 1. The van der Waals surface area contributed by atoms with Crippen LogP contribution in [0, 0.1) is 6.92 Å². The summed E-state index contributed by atoms with van der Waals surface area (Å²) >= 11 is 0. The first-order chi connectivity index (χ1) is 17.2. The molecule has 4 aromatic rings. The number of fused-ring (bicyclic) bond motifs is 1. The summed E-state index contributed by atoms with van der Waals surface area (Å²) < 4.78 is 34.5. The van der Waals surface area contributed by atoms with Gasteiger partial charge in [0.25, 0.3) is 5.91 Å². The van der Waals surface area contributed by atoms with Gasteiger partial charge in [-0.3, -0.25) is 9.78 Å². The number of ether oxygens (including phenoxy) is 2. The first kappa shape index (κ1) is 25.4. The summed E-state index contributed by atoms with van der Waals surface area (Å²) in [4.78, 5) is 26.5. The van der Waals surface area contributed by atoms with Crippen LogP contribution in [0.3, 0.4) is 0 Å². The van der Waals surface area contributed by atoms with Gasteiger partial charge in [0.15, 0.2) is 9.84 Å². The molecule has 4 rings (SSSR count). The van der Waals surface area contributed by atoms with Crippen LogP contribution in [0.15, 0.2) is 65.7 Å².